The highest BCUT2D eigenvalue weighted by Crippen LogP contribution is 2.36. The van der Waals surface area contributed by atoms with Crippen LogP contribution in [-0.2, 0) is 42.9 Å². The topological polar surface area (TPSA) is 243 Å². The molecule has 0 aromatic heterocycles. The first kappa shape index (κ1) is 55.7. The number of rotatable bonds is 27. The van der Waals surface area contributed by atoms with E-state index in [2.05, 4.69) is 27.8 Å². The minimum atomic E-state index is -2.30. The van der Waals surface area contributed by atoms with Crippen LogP contribution < -0.4 is 26.0 Å². The lowest BCUT2D eigenvalue weighted by Gasteiger charge is -2.48. The Morgan fingerprint density at radius 1 is 0.841 bits per heavy atom. The highest BCUT2D eigenvalue weighted by molar-refractivity contribution is 7.99. The number of ether oxygens (including phenoxy) is 6. The van der Waals surface area contributed by atoms with Gasteiger partial charge in [0.05, 0.1) is 38.3 Å². The first-order valence-corrected chi connectivity index (χ1v) is 24.7. The molecule has 4 rings (SSSR count). The predicted octanol–water partition coefficient (Wildman–Crippen LogP) is 4.09. The number of hydrogen-bond donors (Lipinski definition) is 5. The van der Waals surface area contributed by atoms with Gasteiger partial charge in [0.15, 0.2) is 0 Å². The molecule has 3 aromatic rings. The summed E-state index contributed by atoms with van der Waals surface area (Å²) in [6, 6.07) is 19.6. The molecule has 18 nitrogen and oxygen atoms in total. The Morgan fingerprint density at radius 3 is 2.13 bits per heavy atom. The molecule has 4 amide bonds. The Bertz CT molecular complexity index is 2220. The number of carbonyl (C=O) groups is 7. The Morgan fingerprint density at radius 2 is 1.49 bits per heavy atom. The molecule has 5 N–H and O–H groups in total. The maximum Gasteiger partial charge on any atom is 0.366 e. The van der Waals surface area contributed by atoms with Gasteiger partial charge in [0.25, 0.3) is 23.5 Å². The van der Waals surface area contributed by atoms with E-state index in [4.69, 9.17) is 28.4 Å². The van der Waals surface area contributed by atoms with Gasteiger partial charge in [-0.15, -0.1) is 0 Å². The van der Waals surface area contributed by atoms with Crippen molar-refractivity contribution in [3.8, 4) is 16.9 Å². The van der Waals surface area contributed by atoms with Crippen molar-refractivity contribution in [3.05, 3.63) is 102 Å². The predicted molar refractivity (Wildman–Crippen MR) is 261 cm³/mol. The van der Waals surface area contributed by atoms with Crippen molar-refractivity contribution in [1.82, 2.24) is 21.3 Å². The second-order valence-electron chi connectivity index (χ2n) is 15.5. The third-order valence-corrected chi connectivity index (χ3v) is 12.3. The monoisotopic (exact) mass is 994 g/mol. The molecule has 1 saturated heterocycles. The number of thioether (sulfide) groups is 2. The highest BCUT2D eigenvalue weighted by atomic mass is 32.2. The molecule has 6 atom stereocenters. The van der Waals surface area contributed by atoms with Gasteiger partial charge < -0.3 is 54.8 Å². The first-order valence-electron chi connectivity index (χ1n) is 22.4. The molecule has 3 aromatic carbocycles. The fourth-order valence-corrected chi connectivity index (χ4v) is 8.54. The maximum absolute atomic E-state index is 13.6. The smallest absolute Gasteiger partial charge is 0.366 e. The van der Waals surface area contributed by atoms with E-state index in [9.17, 15) is 38.7 Å². The quantitative estimate of drug-likeness (QED) is 0.0313. The van der Waals surface area contributed by atoms with Gasteiger partial charge in [-0.1, -0.05) is 62.0 Å². The molecule has 1 aliphatic rings. The zero-order valence-electron chi connectivity index (χ0n) is 39.4. The minimum absolute atomic E-state index is 0.108. The van der Waals surface area contributed by atoms with Crippen LogP contribution in [-0.4, -0.2) is 146 Å². The number of benzene rings is 3. The molecule has 20 heteroatoms. The van der Waals surface area contributed by atoms with E-state index in [1.165, 1.54) is 36.9 Å². The summed E-state index contributed by atoms with van der Waals surface area (Å²) in [5.41, 5.74) is 2.70. The lowest BCUT2D eigenvalue weighted by Crippen LogP contribution is -2.69. The summed E-state index contributed by atoms with van der Waals surface area (Å²) in [6.07, 6.45) is -4.97. The average Bonchev–Trinajstić information content (AvgIpc) is 3.34. The second-order valence-corrected chi connectivity index (χ2v) is 18.1. The normalized spacial score (nSPS) is 18.3. The van der Waals surface area contributed by atoms with E-state index in [-0.39, 0.29) is 42.5 Å². The van der Waals surface area contributed by atoms with Crippen LogP contribution in [0, 0.1) is 0 Å². The summed E-state index contributed by atoms with van der Waals surface area (Å²) >= 11 is 3.18. The van der Waals surface area contributed by atoms with Crippen LogP contribution in [0.5, 0.6) is 5.75 Å². The maximum atomic E-state index is 13.6. The number of carbonyl (C=O) groups excluding carboxylic acids is 7. The molecule has 0 unspecified atom stereocenters. The molecule has 0 radical (unpaired) electrons. The molecule has 0 spiro atoms. The van der Waals surface area contributed by atoms with Crippen molar-refractivity contribution in [1.29, 1.82) is 0 Å². The molecule has 1 fully saturated rings. The lowest BCUT2D eigenvalue weighted by molar-refractivity contribution is -0.312. The van der Waals surface area contributed by atoms with Crippen molar-refractivity contribution in [2.75, 3.05) is 63.0 Å². The van der Waals surface area contributed by atoms with Gasteiger partial charge in [-0.3, -0.25) is 28.8 Å². The molecule has 1 heterocycles. The van der Waals surface area contributed by atoms with Crippen LogP contribution in [0.25, 0.3) is 11.1 Å². The molecule has 0 bridgehead atoms. The fraction of sp³-hybridized carbons (Fsp3) is 0.449. The van der Waals surface area contributed by atoms with E-state index in [0.29, 0.717) is 30.0 Å². The van der Waals surface area contributed by atoms with E-state index in [1.54, 1.807) is 42.1 Å². The Kier molecular flexibility index (Phi) is 23.0. The number of aliphatic hydroxyl groups excluding tert-OH is 1. The van der Waals surface area contributed by atoms with E-state index >= 15 is 0 Å². The van der Waals surface area contributed by atoms with Crippen LogP contribution in [0.1, 0.15) is 71.6 Å². The van der Waals surface area contributed by atoms with Gasteiger partial charge in [-0.2, -0.15) is 23.5 Å². The Balaban J connectivity index is 1.42. The standard InChI is InChI=1S/C49H62N4O14S2/c1-7-23-63-39-28-37(46(59)50-21-26-68-8-2)19-20-38(39)47(60)51-22-27-69-25-12-24-64-49(48(61)62-6)29-40(65-32(4)55)42(53-31(3)54)44(67-49)43(57)41(66-33(5)56)30-52-45(58)36-17-15-35(16-18-36)34-13-10-9-11-14-34/h7,9-11,13-20,28,40-44,57H,1,8,12,21-27,29-30H2,2-6H3,(H,50,59)(H,51,60)(H,52,58)(H,53,54)/t40-,41+,42+,43+,44+,49+/m0/s1. The highest BCUT2D eigenvalue weighted by Gasteiger charge is 2.58. The van der Waals surface area contributed by atoms with E-state index < -0.39 is 84.8 Å². The molecule has 0 saturated carbocycles. The number of hydrogen-bond acceptors (Lipinski definition) is 16. The number of aliphatic hydroxyl groups is 1. The van der Waals surface area contributed by atoms with Crippen molar-refractivity contribution < 1.29 is 67.1 Å². The summed E-state index contributed by atoms with van der Waals surface area (Å²) in [6.45, 7) is 9.46. The van der Waals surface area contributed by atoms with Gasteiger partial charge in [-0.25, -0.2) is 4.79 Å². The molecule has 1 aliphatic heterocycles. The SMILES string of the molecule is C=CCOc1cc(C(=O)NCCSCC)ccc1C(=O)NCCSCCCO[C@]1(C(=O)OC)C[C@H](OC(C)=O)[C@@H](NC(C)=O)[C@H]([C@H](O)[C@@H](CNC(=O)c2ccc(-c3ccccc3)cc2)OC(C)=O)O1. The molecular formula is C49H62N4O14S2. The zero-order valence-corrected chi connectivity index (χ0v) is 41.1. The van der Waals surface area contributed by atoms with E-state index in [1.807, 2.05) is 37.3 Å². The number of amides is 4. The first-order chi connectivity index (χ1) is 33.1. The van der Waals surface area contributed by atoms with Crippen molar-refractivity contribution in [2.24, 2.45) is 0 Å². The Labute approximate surface area is 410 Å². The summed E-state index contributed by atoms with van der Waals surface area (Å²) in [5.74, 6) is -3.87. The van der Waals surface area contributed by atoms with Crippen molar-refractivity contribution in [2.45, 2.75) is 76.8 Å². The van der Waals surface area contributed by atoms with Crippen LogP contribution >= 0.6 is 23.5 Å². The summed E-state index contributed by atoms with van der Waals surface area (Å²) in [5, 5.41) is 23.0. The fourth-order valence-electron chi connectivity index (χ4n) is 7.23. The van der Waals surface area contributed by atoms with Gasteiger partial charge in [-0.05, 0) is 59.4 Å². The third-order valence-electron chi connectivity index (χ3n) is 10.4. The minimum Gasteiger partial charge on any atom is -0.489 e. The van der Waals surface area contributed by atoms with Gasteiger partial charge in [0.1, 0.15) is 36.8 Å². The molecular weight excluding hydrogens is 933 g/mol. The number of esters is 3. The molecule has 374 valence electrons. The summed E-state index contributed by atoms with van der Waals surface area (Å²) in [4.78, 5) is 90.2. The second kappa shape index (κ2) is 28.5. The van der Waals surface area contributed by atoms with Crippen LogP contribution in [0.2, 0.25) is 0 Å². The molecule has 0 aliphatic carbocycles. The van der Waals surface area contributed by atoms with Crippen molar-refractivity contribution >= 4 is 65.1 Å². The summed E-state index contributed by atoms with van der Waals surface area (Å²) in [7, 11) is 1.09. The largest absolute Gasteiger partial charge is 0.489 e. The number of methoxy groups -OCH3 is 1. The lowest BCUT2D eigenvalue weighted by atomic mass is 9.88. The van der Waals surface area contributed by atoms with Gasteiger partial charge >= 0.3 is 17.9 Å². The van der Waals surface area contributed by atoms with Crippen LogP contribution in [0.3, 0.4) is 0 Å². The summed E-state index contributed by atoms with van der Waals surface area (Å²) < 4.78 is 34.3. The number of nitrogens with one attached hydrogen (secondary N) is 4. The van der Waals surface area contributed by atoms with Crippen LogP contribution in [0.15, 0.2) is 85.5 Å². The van der Waals surface area contributed by atoms with Gasteiger partial charge in [0.2, 0.25) is 5.91 Å². The Hall–Kier alpha value is -5.93. The average molecular weight is 995 g/mol. The van der Waals surface area contributed by atoms with E-state index in [0.717, 1.165) is 43.6 Å². The van der Waals surface area contributed by atoms with Crippen LogP contribution in [0.4, 0.5) is 0 Å². The third kappa shape index (κ3) is 17.2. The zero-order chi connectivity index (χ0) is 50.3. The van der Waals surface area contributed by atoms with Gasteiger partial charge in [0, 0.05) is 56.5 Å². The molecule has 69 heavy (non-hydrogen) atoms. The van der Waals surface area contributed by atoms with Crippen molar-refractivity contribution in [3.63, 3.8) is 0 Å².